The summed E-state index contributed by atoms with van der Waals surface area (Å²) in [5.41, 5.74) is 3.12. The first-order chi connectivity index (χ1) is 11.8. The van der Waals surface area contributed by atoms with E-state index in [-0.39, 0.29) is 5.82 Å². The summed E-state index contributed by atoms with van der Waals surface area (Å²) in [6.07, 6.45) is 0. The molecule has 3 nitrogen and oxygen atoms in total. The molecule has 4 heteroatoms. The zero-order valence-electron chi connectivity index (χ0n) is 13.5. The number of nitrogens with zero attached hydrogens (tertiary/aromatic N) is 3. The van der Waals surface area contributed by atoms with Crippen LogP contribution in [0.15, 0.2) is 60.7 Å². The Hall–Kier alpha value is -2.46. The van der Waals surface area contributed by atoms with Crippen LogP contribution in [0.3, 0.4) is 0 Å². The number of benzene rings is 2. The molecule has 0 amide bonds. The van der Waals surface area contributed by atoms with Gasteiger partial charge in [0.05, 0.1) is 11.2 Å². The molecule has 0 saturated carbocycles. The van der Waals surface area contributed by atoms with Gasteiger partial charge >= 0.3 is 0 Å². The quantitative estimate of drug-likeness (QED) is 0.733. The zero-order valence-corrected chi connectivity index (χ0v) is 13.5. The minimum atomic E-state index is -0.171. The van der Waals surface area contributed by atoms with Crippen molar-refractivity contribution >= 4 is 16.6 Å². The zero-order chi connectivity index (χ0) is 16.4. The van der Waals surface area contributed by atoms with Crippen molar-refractivity contribution in [3.05, 3.63) is 72.2 Å². The summed E-state index contributed by atoms with van der Waals surface area (Å²) in [5.74, 6) is -0.171. The predicted octanol–water partition coefficient (Wildman–Crippen LogP) is 3.70. The number of piperazine rings is 1. The average molecular weight is 321 g/mol. The van der Waals surface area contributed by atoms with Gasteiger partial charge in [-0.25, -0.2) is 4.39 Å². The maximum atomic E-state index is 13.4. The van der Waals surface area contributed by atoms with E-state index in [2.05, 4.69) is 34.1 Å². The van der Waals surface area contributed by atoms with Crippen LogP contribution in [-0.4, -0.2) is 36.1 Å². The summed E-state index contributed by atoms with van der Waals surface area (Å²) in [7, 11) is 0. The number of hydrogen-bond donors (Lipinski definition) is 0. The highest BCUT2D eigenvalue weighted by molar-refractivity contribution is 5.78. The lowest BCUT2D eigenvalue weighted by Crippen LogP contribution is -2.46. The Bertz CT molecular complexity index is 841. The van der Waals surface area contributed by atoms with Crippen LogP contribution >= 0.6 is 0 Å². The molecule has 1 fully saturated rings. The van der Waals surface area contributed by atoms with E-state index < -0.39 is 0 Å². The first-order valence-electron chi connectivity index (χ1n) is 8.35. The Balaban J connectivity index is 1.40. The van der Waals surface area contributed by atoms with Crippen LogP contribution in [0, 0.1) is 5.82 Å². The van der Waals surface area contributed by atoms with Gasteiger partial charge in [0.2, 0.25) is 0 Å². The maximum absolute atomic E-state index is 13.4. The van der Waals surface area contributed by atoms with Gasteiger partial charge in [-0.05, 0) is 30.3 Å². The number of halogens is 1. The van der Waals surface area contributed by atoms with Crippen LogP contribution < -0.4 is 4.90 Å². The third-order valence-electron chi connectivity index (χ3n) is 4.59. The normalized spacial score (nSPS) is 15.8. The lowest BCUT2D eigenvalue weighted by Gasteiger charge is -2.36. The molecule has 1 saturated heterocycles. The number of hydrogen-bond acceptors (Lipinski definition) is 3. The van der Waals surface area contributed by atoms with Crippen LogP contribution in [0.2, 0.25) is 0 Å². The molecule has 0 atom stereocenters. The molecule has 0 N–H and O–H groups in total. The number of rotatable bonds is 3. The number of fused-ring (bicyclic) bond motifs is 1. The van der Waals surface area contributed by atoms with E-state index in [0.717, 1.165) is 49.6 Å². The molecule has 24 heavy (non-hydrogen) atoms. The molecule has 1 aromatic heterocycles. The predicted molar refractivity (Wildman–Crippen MR) is 95.6 cm³/mol. The van der Waals surface area contributed by atoms with Gasteiger partial charge in [-0.1, -0.05) is 30.3 Å². The van der Waals surface area contributed by atoms with Crippen molar-refractivity contribution in [3.63, 3.8) is 0 Å². The molecule has 3 aromatic rings. The highest BCUT2D eigenvalue weighted by Crippen LogP contribution is 2.19. The Morgan fingerprint density at radius 2 is 1.71 bits per heavy atom. The molecule has 1 aliphatic heterocycles. The molecule has 4 rings (SSSR count). The molecule has 1 aliphatic rings. The van der Waals surface area contributed by atoms with Gasteiger partial charge in [-0.15, -0.1) is 0 Å². The van der Waals surface area contributed by atoms with Gasteiger partial charge in [0.15, 0.2) is 0 Å². The topological polar surface area (TPSA) is 19.4 Å². The average Bonchev–Trinajstić information content (AvgIpc) is 2.62. The summed E-state index contributed by atoms with van der Waals surface area (Å²) in [6.45, 7) is 4.62. The summed E-state index contributed by atoms with van der Waals surface area (Å²) in [4.78, 5) is 9.41. The standard InChI is InChI=1S/C20H20FN3/c21-17-5-3-6-19(14-17)24-12-10-23(11-13-24)15-18-9-8-16-4-1-2-7-20(16)22-18/h1-9,14H,10-13,15H2. The van der Waals surface area contributed by atoms with Crippen LogP contribution in [0.4, 0.5) is 10.1 Å². The molecular weight excluding hydrogens is 301 g/mol. The fourth-order valence-corrected chi connectivity index (χ4v) is 3.26. The minimum absolute atomic E-state index is 0.171. The monoisotopic (exact) mass is 321 g/mol. The second kappa shape index (κ2) is 6.57. The molecule has 0 unspecified atom stereocenters. The second-order valence-corrected chi connectivity index (χ2v) is 6.24. The van der Waals surface area contributed by atoms with Gasteiger partial charge in [-0.2, -0.15) is 0 Å². The van der Waals surface area contributed by atoms with Crippen molar-refractivity contribution in [1.29, 1.82) is 0 Å². The van der Waals surface area contributed by atoms with Crippen LogP contribution in [-0.2, 0) is 6.54 Å². The summed E-state index contributed by atoms with van der Waals surface area (Å²) in [6, 6.07) is 19.3. The van der Waals surface area contributed by atoms with Gasteiger partial charge in [0.1, 0.15) is 5.82 Å². The largest absolute Gasteiger partial charge is 0.369 e. The molecule has 122 valence electrons. The van der Waals surface area contributed by atoms with Crippen molar-refractivity contribution in [2.24, 2.45) is 0 Å². The van der Waals surface area contributed by atoms with Crippen molar-refractivity contribution in [2.45, 2.75) is 6.54 Å². The van der Waals surface area contributed by atoms with E-state index in [1.54, 1.807) is 12.1 Å². The van der Waals surface area contributed by atoms with Gasteiger partial charge in [0.25, 0.3) is 0 Å². The lowest BCUT2D eigenvalue weighted by molar-refractivity contribution is 0.247. The van der Waals surface area contributed by atoms with Crippen molar-refractivity contribution in [1.82, 2.24) is 9.88 Å². The first-order valence-corrected chi connectivity index (χ1v) is 8.35. The van der Waals surface area contributed by atoms with E-state index in [1.165, 1.54) is 11.5 Å². The van der Waals surface area contributed by atoms with Gasteiger partial charge in [-0.3, -0.25) is 9.88 Å². The van der Waals surface area contributed by atoms with E-state index in [1.807, 2.05) is 18.2 Å². The smallest absolute Gasteiger partial charge is 0.125 e. The SMILES string of the molecule is Fc1cccc(N2CCN(Cc3ccc4ccccc4n3)CC2)c1. The van der Waals surface area contributed by atoms with E-state index >= 15 is 0 Å². The van der Waals surface area contributed by atoms with Crippen molar-refractivity contribution < 1.29 is 4.39 Å². The molecular formula is C20H20FN3. The lowest BCUT2D eigenvalue weighted by atomic mass is 10.2. The van der Waals surface area contributed by atoms with Crippen LogP contribution in [0.1, 0.15) is 5.69 Å². The number of para-hydroxylation sites is 1. The van der Waals surface area contributed by atoms with E-state index in [0.29, 0.717) is 0 Å². The van der Waals surface area contributed by atoms with Crippen molar-refractivity contribution in [3.8, 4) is 0 Å². The Labute approximate surface area is 141 Å². The van der Waals surface area contributed by atoms with Gasteiger partial charge < -0.3 is 4.90 Å². The van der Waals surface area contributed by atoms with Crippen LogP contribution in [0.25, 0.3) is 10.9 Å². The summed E-state index contributed by atoms with van der Waals surface area (Å²) >= 11 is 0. The first kappa shape index (κ1) is 15.1. The third kappa shape index (κ3) is 3.24. The Morgan fingerprint density at radius 1 is 0.875 bits per heavy atom. The highest BCUT2D eigenvalue weighted by atomic mass is 19.1. The van der Waals surface area contributed by atoms with Crippen molar-refractivity contribution in [2.75, 3.05) is 31.1 Å². The fourth-order valence-electron chi connectivity index (χ4n) is 3.26. The molecule has 0 bridgehead atoms. The van der Waals surface area contributed by atoms with Crippen LogP contribution in [0.5, 0.6) is 0 Å². The maximum Gasteiger partial charge on any atom is 0.125 e. The third-order valence-corrected chi connectivity index (χ3v) is 4.59. The van der Waals surface area contributed by atoms with E-state index in [9.17, 15) is 4.39 Å². The molecule has 0 radical (unpaired) electrons. The highest BCUT2D eigenvalue weighted by Gasteiger charge is 2.18. The molecule has 0 aliphatic carbocycles. The molecule has 0 spiro atoms. The number of anilines is 1. The second-order valence-electron chi connectivity index (χ2n) is 6.24. The fraction of sp³-hybridized carbons (Fsp3) is 0.250. The Kier molecular flexibility index (Phi) is 4.13. The summed E-state index contributed by atoms with van der Waals surface area (Å²) < 4.78 is 13.4. The number of pyridine rings is 1. The summed E-state index contributed by atoms with van der Waals surface area (Å²) in [5, 5.41) is 1.18. The Morgan fingerprint density at radius 3 is 2.54 bits per heavy atom. The molecule has 2 heterocycles. The van der Waals surface area contributed by atoms with E-state index in [4.69, 9.17) is 4.98 Å². The molecule has 2 aromatic carbocycles. The number of aromatic nitrogens is 1. The van der Waals surface area contributed by atoms with Gasteiger partial charge in [0, 0.05) is 43.8 Å². The minimum Gasteiger partial charge on any atom is -0.369 e.